The zero-order chi connectivity index (χ0) is 11.3. The highest BCUT2D eigenvalue weighted by Gasteiger charge is 2.16. The van der Waals surface area contributed by atoms with Crippen LogP contribution >= 0.6 is 0 Å². The molecule has 1 fully saturated rings. The van der Waals surface area contributed by atoms with Crippen molar-refractivity contribution in [3.05, 3.63) is 0 Å². The van der Waals surface area contributed by atoms with Crippen LogP contribution in [0.1, 0.15) is 40.5 Å². The van der Waals surface area contributed by atoms with Crippen LogP contribution in [-0.2, 0) is 4.74 Å². The zero-order valence-electron chi connectivity index (χ0n) is 10.6. The molecule has 0 aliphatic carbocycles. The molecule has 0 spiro atoms. The van der Waals surface area contributed by atoms with Crippen LogP contribution in [0, 0.1) is 0 Å². The molecule has 0 bridgehead atoms. The van der Waals surface area contributed by atoms with Crippen LogP contribution in [0.25, 0.3) is 0 Å². The van der Waals surface area contributed by atoms with E-state index in [0.717, 1.165) is 19.7 Å². The van der Waals surface area contributed by atoms with E-state index >= 15 is 0 Å². The van der Waals surface area contributed by atoms with Gasteiger partial charge in [0.05, 0.1) is 6.10 Å². The summed E-state index contributed by atoms with van der Waals surface area (Å²) in [4.78, 5) is 0. The van der Waals surface area contributed by atoms with Gasteiger partial charge in [0.2, 0.25) is 0 Å². The van der Waals surface area contributed by atoms with Crippen LogP contribution in [0.2, 0.25) is 0 Å². The van der Waals surface area contributed by atoms with Gasteiger partial charge in [-0.3, -0.25) is 0 Å². The molecule has 0 aromatic rings. The van der Waals surface area contributed by atoms with Crippen LogP contribution < -0.4 is 10.6 Å². The standard InChI is InChI=1S/C12H26N2O/c1-10(8-14-12(2,3)4)13-9-11-6-5-7-15-11/h10-11,13-14H,5-9H2,1-4H3/t10?,11-/m0/s1. The lowest BCUT2D eigenvalue weighted by molar-refractivity contribution is 0.107. The first-order valence-electron chi connectivity index (χ1n) is 6.07. The average molecular weight is 214 g/mol. The van der Waals surface area contributed by atoms with Gasteiger partial charge in [0.25, 0.3) is 0 Å². The van der Waals surface area contributed by atoms with Gasteiger partial charge in [0.15, 0.2) is 0 Å². The summed E-state index contributed by atoms with van der Waals surface area (Å²) < 4.78 is 5.57. The van der Waals surface area contributed by atoms with Gasteiger partial charge in [-0.1, -0.05) is 0 Å². The summed E-state index contributed by atoms with van der Waals surface area (Å²) in [6, 6.07) is 0.508. The van der Waals surface area contributed by atoms with Crippen molar-refractivity contribution in [1.82, 2.24) is 10.6 Å². The molecule has 15 heavy (non-hydrogen) atoms. The largest absolute Gasteiger partial charge is 0.377 e. The lowest BCUT2D eigenvalue weighted by Gasteiger charge is -2.24. The molecule has 3 heteroatoms. The summed E-state index contributed by atoms with van der Waals surface area (Å²) in [5, 5.41) is 7.00. The molecular weight excluding hydrogens is 188 g/mol. The molecule has 0 aromatic carbocycles. The summed E-state index contributed by atoms with van der Waals surface area (Å²) >= 11 is 0. The van der Waals surface area contributed by atoms with Crippen molar-refractivity contribution in [2.45, 2.75) is 58.2 Å². The normalized spacial score (nSPS) is 24.4. The lowest BCUT2D eigenvalue weighted by atomic mass is 10.1. The minimum absolute atomic E-state index is 0.208. The molecule has 1 rings (SSSR count). The second-order valence-corrected chi connectivity index (χ2v) is 5.58. The van der Waals surface area contributed by atoms with Crippen molar-refractivity contribution < 1.29 is 4.74 Å². The Hall–Kier alpha value is -0.120. The minimum Gasteiger partial charge on any atom is -0.377 e. The molecule has 1 unspecified atom stereocenters. The second-order valence-electron chi connectivity index (χ2n) is 5.58. The first kappa shape index (κ1) is 12.9. The van der Waals surface area contributed by atoms with Gasteiger partial charge in [0, 0.05) is 31.3 Å². The van der Waals surface area contributed by atoms with E-state index in [-0.39, 0.29) is 5.54 Å². The number of nitrogens with one attached hydrogen (secondary N) is 2. The Kier molecular flexibility index (Phi) is 5.03. The zero-order valence-corrected chi connectivity index (χ0v) is 10.6. The maximum absolute atomic E-state index is 5.57. The molecule has 1 aliphatic heterocycles. The first-order valence-corrected chi connectivity index (χ1v) is 6.07. The van der Waals surface area contributed by atoms with Crippen LogP contribution in [0.5, 0.6) is 0 Å². The molecule has 0 radical (unpaired) electrons. The molecule has 3 nitrogen and oxygen atoms in total. The molecule has 0 amide bonds. The summed E-state index contributed by atoms with van der Waals surface area (Å²) in [6.45, 7) is 11.7. The molecule has 0 aromatic heterocycles. The summed E-state index contributed by atoms with van der Waals surface area (Å²) in [6.07, 6.45) is 2.88. The predicted molar refractivity (Wildman–Crippen MR) is 64.2 cm³/mol. The van der Waals surface area contributed by atoms with Crippen LogP contribution in [0.4, 0.5) is 0 Å². The van der Waals surface area contributed by atoms with E-state index in [2.05, 4.69) is 38.3 Å². The highest BCUT2D eigenvalue weighted by atomic mass is 16.5. The SMILES string of the molecule is CC(CNC(C)(C)C)NC[C@@H]1CCCO1. The fraction of sp³-hybridized carbons (Fsp3) is 1.00. The topological polar surface area (TPSA) is 33.3 Å². The smallest absolute Gasteiger partial charge is 0.0700 e. The average Bonchev–Trinajstić information content (AvgIpc) is 2.62. The van der Waals surface area contributed by atoms with Crippen molar-refractivity contribution in [2.24, 2.45) is 0 Å². The van der Waals surface area contributed by atoms with E-state index in [9.17, 15) is 0 Å². The third-order valence-electron chi connectivity index (χ3n) is 2.66. The van der Waals surface area contributed by atoms with Crippen LogP contribution in [0.15, 0.2) is 0 Å². The quantitative estimate of drug-likeness (QED) is 0.728. The number of hydrogen-bond donors (Lipinski definition) is 2. The fourth-order valence-electron chi connectivity index (χ4n) is 1.67. The van der Waals surface area contributed by atoms with E-state index in [1.54, 1.807) is 0 Å². The first-order chi connectivity index (χ1) is 6.97. The molecule has 1 saturated heterocycles. The number of ether oxygens (including phenoxy) is 1. The monoisotopic (exact) mass is 214 g/mol. The summed E-state index contributed by atoms with van der Waals surface area (Å²) in [5.41, 5.74) is 0.208. The minimum atomic E-state index is 0.208. The molecule has 1 heterocycles. The Morgan fingerprint density at radius 2 is 2.13 bits per heavy atom. The fourth-order valence-corrected chi connectivity index (χ4v) is 1.67. The van der Waals surface area contributed by atoms with Gasteiger partial charge in [-0.25, -0.2) is 0 Å². The van der Waals surface area contributed by atoms with Crippen molar-refractivity contribution >= 4 is 0 Å². The number of hydrogen-bond acceptors (Lipinski definition) is 3. The summed E-state index contributed by atoms with van der Waals surface area (Å²) in [5.74, 6) is 0. The van der Waals surface area contributed by atoms with E-state index < -0.39 is 0 Å². The Morgan fingerprint density at radius 3 is 2.67 bits per heavy atom. The summed E-state index contributed by atoms with van der Waals surface area (Å²) in [7, 11) is 0. The van der Waals surface area contributed by atoms with E-state index in [1.807, 2.05) is 0 Å². The Balaban J connectivity index is 2.05. The lowest BCUT2D eigenvalue weighted by Crippen LogP contribution is -2.46. The molecule has 2 atom stereocenters. The van der Waals surface area contributed by atoms with Gasteiger partial charge in [0.1, 0.15) is 0 Å². The maximum atomic E-state index is 5.57. The molecular formula is C12H26N2O. The van der Waals surface area contributed by atoms with Crippen molar-refractivity contribution in [1.29, 1.82) is 0 Å². The predicted octanol–water partition coefficient (Wildman–Crippen LogP) is 1.53. The van der Waals surface area contributed by atoms with Crippen molar-refractivity contribution in [3.8, 4) is 0 Å². The van der Waals surface area contributed by atoms with Gasteiger partial charge >= 0.3 is 0 Å². The van der Waals surface area contributed by atoms with Crippen LogP contribution in [-0.4, -0.2) is 37.4 Å². The van der Waals surface area contributed by atoms with Crippen molar-refractivity contribution in [3.63, 3.8) is 0 Å². The Labute approximate surface area is 94.0 Å². The highest BCUT2D eigenvalue weighted by Crippen LogP contribution is 2.10. The highest BCUT2D eigenvalue weighted by molar-refractivity contribution is 4.76. The molecule has 1 aliphatic rings. The Bertz CT molecular complexity index is 171. The van der Waals surface area contributed by atoms with Gasteiger partial charge < -0.3 is 15.4 Å². The third kappa shape index (κ3) is 6.13. The Morgan fingerprint density at radius 1 is 1.40 bits per heavy atom. The molecule has 90 valence electrons. The van der Waals surface area contributed by atoms with Gasteiger partial charge in [-0.15, -0.1) is 0 Å². The van der Waals surface area contributed by atoms with E-state index in [4.69, 9.17) is 4.74 Å². The third-order valence-corrected chi connectivity index (χ3v) is 2.66. The van der Waals surface area contributed by atoms with Crippen molar-refractivity contribution in [2.75, 3.05) is 19.7 Å². The van der Waals surface area contributed by atoms with Gasteiger partial charge in [-0.05, 0) is 40.5 Å². The van der Waals surface area contributed by atoms with Gasteiger partial charge in [-0.2, -0.15) is 0 Å². The van der Waals surface area contributed by atoms with Crippen LogP contribution in [0.3, 0.4) is 0 Å². The second kappa shape index (κ2) is 5.83. The maximum Gasteiger partial charge on any atom is 0.0700 e. The molecule has 2 N–H and O–H groups in total. The van der Waals surface area contributed by atoms with E-state index in [0.29, 0.717) is 12.1 Å². The van der Waals surface area contributed by atoms with E-state index in [1.165, 1.54) is 12.8 Å². The molecule has 0 saturated carbocycles. The number of rotatable bonds is 5.